The molecule has 2 aliphatic rings. The summed E-state index contributed by atoms with van der Waals surface area (Å²) in [7, 11) is 0. The van der Waals surface area contributed by atoms with Gasteiger partial charge < -0.3 is 28.4 Å². The lowest BCUT2D eigenvalue weighted by molar-refractivity contribution is -0.387. The normalized spacial score (nSPS) is 22.6. The minimum absolute atomic E-state index is 0.267. The summed E-state index contributed by atoms with van der Waals surface area (Å²) in [5.74, 6) is -1.27. The van der Waals surface area contributed by atoms with Crippen molar-refractivity contribution in [2.45, 2.75) is 70.2 Å². The van der Waals surface area contributed by atoms with E-state index in [0.717, 1.165) is 33.4 Å². The van der Waals surface area contributed by atoms with Crippen LogP contribution in [0.2, 0.25) is 0 Å². The molecule has 1 aromatic heterocycles. The molecule has 8 heteroatoms. The van der Waals surface area contributed by atoms with Crippen LogP contribution in [0.15, 0.2) is 133 Å². The number of hydrogen-bond donors (Lipinski definition) is 0. The fourth-order valence-electron chi connectivity index (χ4n) is 7.15. The topological polar surface area (TPSA) is 55.4 Å². The Morgan fingerprint density at radius 1 is 0.673 bits per heavy atom. The molecule has 5 atom stereocenters. The van der Waals surface area contributed by atoms with Gasteiger partial charge in [0.1, 0.15) is 24.4 Å². The van der Waals surface area contributed by atoms with Gasteiger partial charge in [-0.2, -0.15) is 0 Å². The van der Waals surface area contributed by atoms with Crippen molar-refractivity contribution in [3.8, 4) is 0 Å². The van der Waals surface area contributed by atoms with Crippen LogP contribution < -0.4 is 0 Å². The Labute approximate surface area is 322 Å². The summed E-state index contributed by atoms with van der Waals surface area (Å²) in [5.41, 5.74) is 6.31. The van der Waals surface area contributed by atoms with Gasteiger partial charge in [-0.3, -0.25) is 0 Å². The van der Waals surface area contributed by atoms with Crippen LogP contribution in [0.25, 0.3) is 10.1 Å². The molecule has 8 rings (SSSR count). The molecule has 52 heavy (non-hydrogen) atoms. The van der Waals surface area contributed by atoms with Crippen molar-refractivity contribution in [3.63, 3.8) is 0 Å². The highest BCUT2D eigenvalue weighted by molar-refractivity contribution is 14.1. The number of thiophene rings is 1. The highest BCUT2D eigenvalue weighted by Gasteiger charge is 2.61. The van der Waals surface area contributed by atoms with Crippen LogP contribution in [0, 0.1) is 10.5 Å². The zero-order chi connectivity index (χ0) is 35.3. The van der Waals surface area contributed by atoms with Gasteiger partial charge in [-0.05, 0) is 69.5 Å². The third kappa shape index (κ3) is 7.62. The van der Waals surface area contributed by atoms with Crippen molar-refractivity contribution >= 4 is 44.0 Å². The Hall–Kier alpha value is -3.45. The van der Waals surface area contributed by atoms with Crippen molar-refractivity contribution in [3.05, 3.63) is 175 Å². The molecule has 0 radical (unpaired) electrons. The molecule has 1 saturated heterocycles. The van der Waals surface area contributed by atoms with E-state index in [0.29, 0.717) is 33.0 Å². The molecule has 2 aliphatic heterocycles. The molecule has 6 nitrogen and oxygen atoms in total. The van der Waals surface area contributed by atoms with Crippen LogP contribution in [0.3, 0.4) is 0 Å². The minimum atomic E-state index is -1.27. The first-order valence-corrected chi connectivity index (χ1v) is 19.6. The molecule has 0 aliphatic carbocycles. The molecule has 0 bridgehead atoms. The van der Waals surface area contributed by atoms with E-state index in [2.05, 4.69) is 90.2 Å². The quantitative estimate of drug-likeness (QED) is 0.108. The first kappa shape index (κ1) is 35.6. The largest absolute Gasteiger partial charge is 0.374 e. The summed E-state index contributed by atoms with van der Waals surface area (Å²) in [6, 6.07) is 45.4. The monoisotopic (exact) mass is 824 g/mol. The second-order valence-corrected chi connectivity index (χ2v) is 15.7. The van der Waals surface area contributed by atoms with Crippen molar-refractivity contribution in [1.29, 1.82) is 0 Å². The smallest absolute Gasteiger partial charge is 0.226 e. The van der Waals surface area contributed by atoms with E-state index in [1.807, 2.05) is 84.1 Å². The first-order valence-electron chi connectivity index (χ1n) is 17.7. The van der Waals surface area contributed by atoms with E-state index in [-0.39, 0.29) is 6.61 Å². The zero-order valence-electron chi connectivity index (χ0n) is 29.0. The van der Waals surface area contributed by atoms with Crippen molar-refractivity contribution in [1.82, 2.24) is 0 Å². The van der Waals surface area contributed by atoms with E-state index < -0.39 is 30.2 Å². The molecular weight excluding hydrogens is 783 g/mol. The van der Waals surface area contributed by atoms with Crippen LogP contribution in [-0.4, -0.2) is 31.0 Å². The molecule has 0 unspecified atom stereocenters. The molecule has 266 valence electrons. The Morgan fingerprint density at radius 3 is 1.77 bits per heavy atom. The molecule has 0 N–H and O–H groups in total. The third-order valence-corrected chi connectivity index (χ3v) is 12.6. The average Bonchev–Trinajstić information content (AvgIpc) is 3.68. The van der Waals surface area contributed by atoms with Crippen LogP contribution in [-0.2, 0) is 67.2 Å². The first-order chi connectivity index (χ1) is 25.6. The van der Waals surface area contributed by atoms with Gasteiger partial charge >= 0.3 is 0 Å². The number of rotatable bonds is 13. The van der Waals surface area contributed by atoms with E-state index in [9.17, 15) is 0 Å². The Kier molecular flexibility index (Phi) is 11.1. The second kappa shape index (κ2) is 16.3. The van der Waals surface area contributed by atoms with E-state index in [1.165, 1.54) is 18.5 Å². The number of fused-ring (bicyclic) bond motifs is 3. The maximum Gasteiger partial charge on any atom is 0.226 e. The van der Waals surface area contributed by atoms with E-state index >= 15 is 0 Å². The zero-order valence-corrected chi connectivity index (χ0v) is 32.0. The van der Waals surface area contributed by atoms with Gasteiger partial charge in [0.2, 0.25) is 5.79 Å². The van der Waals surface area contributed by atoms with Crippen LogP contribution in [0.4, 0.5) is 0 Å². The summed E-state index contributed by atoms with van der Waals surface area (Å²) in [5, 5.41) is 1.19. The van der Waals surface area contributed by atoms with Gasteiger partial charge in [-0.15, -0.1) is 11.3 Å². The number of benzene rings is 5. The maximum atomic E-state index is 7.30. The number of aryl methyl sites for hydroxylation is 1. The molecule has 0 saturated carbocycles. The average molecular weight is 825 g/mol. The summed E-state index contributed by atoms with van der Waals surface area (Å²) in [6.07, 6.45) is -2.36. The predicted molar refractivity (Wildman–Crippen MR) is 212 cm³/mol. The summed E-state index contributed by atoms with van der Waals surface area (Å²) in [4.78, 5) is 1.29. The SMILES string of the molecule is Cc1sc2cc3c(cc2c1I)[C@]1(OC3)O[C@H](COCc2ccccc2)[C@H](OCc2ccccc2)[C@H](OCc2ccccc2)[C@H]1OCc1ccccc1. The number of halogens is 1. The Bertz CT molecular complexity index is 2060. The number of ether oxygens (including phenoxy) is 6. The summed E-state index contributed by atoms with van der Waals surface area (Å²) < 4.78 is 44.1. The van der Waals surface area contributed by atoms with Gasteiger partial charge in [0.05, 0.1) is 39.6 Å². The highest BCUT2D eigenvalue weighted by Crippen LogP contribution is 2.51. The summed E-state index contributed by atoms with van der Waals surface area (Å²) in [6.45, 7) is 4.35. The van der Waals surface area contributed by atoms with Gasteiger partial charge in [0.25, 0.3) is 0 Å². The lowest BCUT2D eigenvalue weighted by Gasteiger charge is -2.51. The molecule has 1 spiro atoms. The molecular formula is C44H41IO6S. The van der Waals surface area contributed by atoms with Crippen LogP contribution >= 0.6 is 33.9 Å². The number of hydrogen-bond acceptors (Lipinski definition) is 7. The lowest BCUT2D eigenvalue weighted by Crippen LogP contribution is -2.65. The van der Waals surface area contributed by atoms with E-state index in [4.69, 9.17) is 28.4 Å². The Balaban J connectivity index is 1.22. The van der Waals surface area contributed by atoms with Crippen molar-refractivity contribution in [2.24, 2.45) is 0 Å². The fourth-order valence-corrected chi connectivity index (χ4v) is 9.12. The standard InChI is InChI=1S/C44H41IO6S/c1-30-40(45)36-23-37-35(22-39(36)52-30)28-50-44(37)43(49-27-34-20-12-5-13-21-34)42(48-26-33-18-10-4-11-19-33)41(47-25-32-16-8-3-9-17-32)38(51-44)29-46-24-31-14-6-2-7-15-31/h2-23,38,41-43H,24-29H2,1H3/t38-,41+,42+,43-,44+/m1/s1. The van der Waals surface area contributed by atoms with Crippen molar-refractivity contribution < 1.29 is 28.4 Å². The van der Waals surface area contributed by atoms with Gasteiger partial charge in [-0.25, -0.2) is 0 Å². The lowest BCUT2D eigenvalue weighted by atomic mass is 9.86. The molecule has 5 aromatic carbocycles. The summed E-state index contributed by atoms with van der Waals surface area (Å²) >= 11 is 4.27. The Morgan fingerprint density at radius 2 is 1.19 bits per heavy atom. The highest BCUT2D eigenvalue weighted by atomic mass is 127. The van der Waals surface area contributed by atoms with Crippen molar-refractivity contribution in [2.75, 3.05) is 6.61 Å². The fraction of sp³-hybridized carbons (Fsp3) is 0.273. The van der Waals surface area contributed by atoms with Gasteiger partial charge in [-0.1, -0.05) is 121 Å². The van der Waals surface area contributed by atoms with Crippen LogP contribution in [0.1, 0.15) is 38.3 Å². The van der Waals surface area contributed by atoms with Crippen LogP contribution in [0.5, 0.6) is 0 Å². The minimum Gasteiger partial charge on any atom is -0.374 e. The molecule has 1 fully saturated rings. The van der Waals surface area contributed by atoms with Gasteiger partial charge in [0.15, 0.2) is 0 Å². The molecule has 3 heterocycles. The maximum absolute atomic E-state index is 7.30. The third-order valence-electron chi connectivity index (χ3n) is 9.76. The molecule has 6 aromatic rings. The predicted octanol–water partition coefficient (Wildman–Crippen LogP) is 9.87. The second-order valence-electron chi connectivity index (χ2n) is 13.3. The van der Waals surface area contributed by atoms with Gasteiger partial charge in [0, 0.05) is 24.1 Å². The van der Waals surface area contributed by atoms with E-state index in [1.54, 1.807) is 0 Å². The molecule has 0 amide bonds.